The summed E-state index contributed by atoms with van der Waals surface area (Å²) in [6, 6.07) is 91.2. The van der Waals surface area contributed by atoms with Crippen LogP contribution in [0.15, 0.2) is 249 Å². The lowest BCUT2D eigenvalue weighted by molar-refractivity contribution is 1.31. The third kappa shape index (κ3) is 6.25. The Bertz CT molecular complexity index is 3630. The maximum absolute atomic E-state index is 2.47. The van der Waals surface area contributed by atoms with Crippen molar-refractivity contribution < 1.29 is 0 Å². The van der Waals surface area contributed by atoms with Crippen LogP contribution in [-0.2, 0) is 0 Å². The van der Waals surface area contributed by atoms with Crippen molar-refractivity contribution in [1.29, 1.82) is 0 Å². The fraction of sp³-hybridized carbons (Fsp3) is 0. The normalized spacial score (nSPS) is 11.5. The fourth-order valence-corrected chi connectivity index (χ4v) is 9.96. The number of benzene rings is 12. The van der Waals surface area contributed by atoms with Crippen LogP contribution in [0.3, 0.4) is 0 Å². The van der Waals surface area contributed by atoms with E-state index in [2.05, 4.69) is 254 Å². The van der Waals surface area contributed by atoms with Gasteiger partial charge in [-0.15, -0.1) is 0 Å². The third-order valence-corrected chi connectivity index (χ3v) is 12.8. The molecule has 12 aromatic carbocycles. The molecule has 0 saturated heterocycles. The first kappa shape index (κ1) is 36.6. The Morgan fingerprint density at radius 2 is 0.698 bits per heavy atom. The van der Waals surface area contributed by atoms with Crippen LogP contribution in [0.1, 0.15) is 0 Å². The second-order valence-electron chi connectivity index (χ2n) is 16.4. The molecule has 63 heavy (non-hydrogen) atoms. The summed E-state index contributed by atoms with van der Waals surface area (Å²) in [7, 11) is 0. The Hall–Kier alpha value is -8.26. The molecule has 1 heteroatoms. The van der Waals surface area contributed by atoms with Crippen LogP contribution in [0.5, 0.6) is 0 Å². The molecule has 294 valence electrons. The average Bonchev–Trinajstić information content (AvgIpc) is 3.37. The molecule has 0 atom stereocenters. The lowest BCUT2D eigenvalue weighted by Gasteiger charge is -2.29. The van der Waals surface area contributed by atoms with E-state index in [1.54, 1.807) is 0 Å². The monoisotopic (exact) mass is 799 g/mol. The molecule has 0 N–H and O–H groups in total. The quantitative estimate of drug-likeness (QED) is 0.145. The van der Waals surface area contributed by atoms with Gasteiger partial charge in [0.15, 0.2) is 0 Å². The van der Waals surface area contributed by atoms with Gasteiger partial charge in [-0.25, -0.2) is 0 Å². The van der Waals surface area contributed by atoms with E-state index in [0.717, 1.165) is 17.1 Å². The van der Waals surface area contributed by atoms with E-state index in [1.165, 1.54) is 98.4 Å². The zero-order valence-corrected chi connectivity index (χ0v) is 34.6. The van der Waals surface area contributed by atoms with Gasteiger partial charge in [-0.05, 0) is 129 Å². The third-order valence-electron chi connectivity index (χ3n) is 12.8. The van der Waals surface area contributed by atoms with Crippen LogP contribution in [0.2, 0.25) is 0 Å². The summed E-state index contributed by atoms with van der Waals surface area (Å²) < 4.78 is 0. The van der Waals surface area contributed by atoms with Crippen molar-refractivity contribution in [2.75, 3.05) is 4.90 Å². The van der Waals surface area contributed by atoms with Crippen LogP contribution < -0.4 is 4.90 Å². The van der Waals surface area contributed by atoms with Crippen molar-refractivity contribution in [1.82, 2.24) is 0 Å². The van der Waals surface area contributed by atoms with Crippen molar-refractivity contribution in [3.8, 4) is 44.5 Å². The number of nitrogens with zero attached hydrogens (tertiary/aromatic N) is 1. The molecule has 0 radical (unpaired) electrons. The molecular weight excluding hydrogens is 759 g/mol. The summed E-state index contributed by atoms with van der Waals surface area (Å²) in [6.07, 6.45) is 0. The molecular formula is C62H41N. The van der Waals surface area contributed by atoms with Crippen molar-refractivity contribution in [2.45, 2.75) is 0 Å². The predicted octanol–water partition coefficient (Wildman–Crippen LogP) is 17.6. The molecule has 12 aromatic rings. The van der Waals surface area contributed by atoms with Crippen LogP contribution in [0.4, 0.5) is 17.1 Å². The van der Waals surface area contributed by atoms with Gasteiger partial charge < -0.3 is 4.90 Å². The molecule has 0 bridgehead atoms. The Kier molecular flexibility index (Phi) is 8.90. The lowest BCUT2D eigenvalue weighted by atomic mass is 9.81. The number of fused-ring (bicyclic) bond motifs is 9. The molecule has 0 heterocycles. The molecule has 0 fully saturated rings. The summed E-state index contributed by atoms with van der Waals surface area (Å²) in [4.78, 5) is 2.47. The van der Waals surface area contributed by atoms with Gasteiger partial charge in [0.1, 0.15) is 0 Å². The van der Waals surface area contributed by atoms with Crippen LogP contribution >= 0.6 is 0 Å². The summed E-state index contributed by atoms with van der Waals surface area (Å²) in [6.45, 7) is 0. The molecule has 0 aliphatic rings. The number of hydrogen-bond donors (Lipinski definition) is 0. The van der Waals surface area contributed by atoms with Crippen molar-refractivity contribution in [3.63, 3.8) is 0 Å². The second kappa shape index (κ2) is 15.3. The fourth-order valence-electron chi connectivity index (χ4n) is 9.96. The van der Waals surface area contributed by atoms with E-state index in [0.29, 0.717) is 0 Å². The van der Waals surface area contributed by atoms with Gasteiger partial charge in [-0.1, -0.05) is 212 Å². The van der Waals surface area contributed by atoms with Crippen molar-refractivity contribution in [2.24, 2.45) is 0 Å². The van der Waals surface area contributed by atoms with E-state index in [9.17, 15) is 0 Å². The van der Waals surface area contributed by atoms with E-state index < -0.39 is 0 Å². The number of hydrogen-bond acceptors (Lipinski definition) is 1. The summed E-state index contributed by atoms with van der Waals surface area (Å²) >= 11 is 0. The van der Waals surface area contributed by atoms with Gasteiger partial charge >= 0.3 is 0 Å². The zero-order valence-electron chi connectivity index (χ0n) is 34.6. The van der Waals surface area contributed by atoms with Crippen LogP contribution in [0, 0.1) is 0 Å². The minimum atomic E-state index is 1.10. The molecule has 0 aromatic heterocycles. The Balaban J connectivity index is 1.20. The average molecular weight is 800 g/mol. The molecule has 12 rings (SSSR count). The van der Waals surface area contributed by atoms with Crippen LogP contribution in [0.25, 0.3) is 98.4 Å². The highest BCUT2D eigenvalue weighted by molar-refractivity contribution is 6.33. The standard InChI is InChI=1S/C62H41N/c1-5-19-42(20-6-1)43-33-35-48(36-34-43)63(59-39-47-27-13-14-28-50(47)51-29-15-17-31-53(51)59)49-37-38-55-58(40-49)52-30-16-18-32-54(52)61-57(45-23-9-3-10-24-45)41-56(44-21-7-2-8-22-44)60(62(55)61)46-25-11-4-12-26-46/h1-41H. The first-order chi connectivity index (χ1) is 31.3. The van der Waals surface area contributed by atoms with Gasteiger partial charge in [0.2, 0.25) is 0 Å². The largest absolute Gasteiger partial charge is 0.310 e. The van der Waals surface area contributed by atoms with Gasteiger partial charge in [0.25, 0.3) is 0 Å². The molecule has 0 aliphatic heterocycles. The van der Waals surface area contributed by atoms with Crippen molar-refractivity contribution >= 4 is 70.9 Å². The summed E-state index contributed by atoms with van der Waals surface area (Å²) in [5, 5.41) is 12.4. The van der Waals surface area contributed by atoms with E-state index >= 15 is 0 Å². The molecule has 1 nitrogen and oxygen atoms in total. The van der Waals surface area contributed by atoms with Crippen LogP contribution in [-0.4, -0.2) is 0 Å². The highest BCUT2D eigenvalue weighted by Gasteiger charge is 2.24. The topological polar surface area (TPSA) is 3.24 Å². The zero-order chi connectivity index (χ0) is 41.7. The van der Waals surface area contributed by atoms with E-state index in [-0.39, 0.29) is 0 Å². The van der Waals surface area contributed by atoms with Gasteiger partial charge in [-0.2, -0.15) is 0 Å². The lowest BCUT2D eigenvalue weighted by Crippen LogP contribution is -2.11. The van der Waals surface area contributed by atoms with E-state index in [1.807, 2.05) is 0 Å². The highest BCUT2D eigenvalue weighted by atomic mass is 15.1. The minimum absolute atomic E-state index is 1.10. The summed E-state index contributed by atoms with van der Waals surface area (Å²) in [5.41, 5.74) is 13.0. The first-order valence-corrected chi connectivity index (χ1v) is 21.8. The molecule has 0 spiro atoms. The maximum atomic E-state index is 2.47. The van der Waals surface area contributed by atoms with Gasteiger partial charge in [0.05, 0.1) is 5.69 Å². The predicted molar refractivity (Wildman–Crippen MR) is 270 cm³/mol. The minimum Gasteiger partial charge on any atom is -0.310 e. The molecule has 0 aliphatic carbocycles. The number of rotatable bonds is 7. The Labute approximate surface area is 367 Å². The first-order valence-electron chi connectivity index (χ1n) is 21.8. The van der Waals surface area contributed by atoms with Crippen molar-refractivity contribution in [3.05, 3.63) is 249 Å². The molecule has 0 saturated carbocycles. The second-order valence-corrected chi connectivity index (χ2v) is 16.4. The van der Waals surface area contributed by atoms with E-state index in [4.69, 9.17) is 0 Å². The SMILES string of the molecule is c1ccc(-c2ccc(N(c3ccc4c(c3)c3ccccc3c3c(-c5ccccc5)cc(-c5ccccc5)c(-c5ccccc5)c43)c3cc4ccccc4c4ccccc34)cc2)cc1. The van der Waals surface area contributed by atoms with Gasteiger partial charge in [0, 0.05) is 16.8 Å². The van der Waals surface area contributed by atoms with Gasteiger partial charge in [-0.3, -0.25) is 0 Å². The Morgan fingerprint density at radius 3 is 1.35 bits per heavy atom. The highest BCUT2D eigenvalue weighted by Crippen LogP contribution is 2.51. The number of anilines is 3. The molecule has 0 amide bonds. The maximum Gasteiger partial charge on any atom is 0.0546 e. The summed E-state index contributed by atoms with van der Waals surface area (Å²) in [5.74, 6) is 0. The molecule has 0 unspecified atom stereocenters. The smallest absolute Gasteiger partial charge is 0.0546 e. The Morgan fingerprint density at radius 1 is 0.238 bits per heavy atom.